The monoisotopic (exact) mass is 339 g/mol. The van der Waals surface area contributed by atoms with Crippen LogP contribution in [0.2, 0.25) is 0 Å². The van der Waals surface area contributed by atoms with Crippen molar-refractivity contribution in [1.82, 2.24) is 10.2 Å². The van der Waals surface area contributed by atoms with Gasteiger partial charge in [0.2, 0.25) is 0 Å². The van der Waals surface area contributed by atoms with Crippen LogP contribution in [0.15, 0.2) is 16.4 Å². The second-order valence-corrected chi connectivity index (χ2v) is 4.32. The van der Waals surface area contributed by atoms with E-state index in [-0.39, 0.29) is 24.0 Å². The minimum absolute atomic E-state index is 0. The number of aryl methyl sites for hydroxylation is 1. The maximum Gasteiger partial charge on any atom is 0.193 e. The van der Waals surface area contributed by atoms with Crippen molar-refractivity contribution in [2.75, 3.05) is 21.1 Å². The fourth-order valence-corrected chi connectivity index (χ4v) is 2.03. The third-order valence-corrected chi connectivity index (χ3v) is 3.03. The number of halogens is 1. The Bertz CT molecular complexity index is 320. The SMILES string of the molecule is CN=C(NCc1sccc1C)N(C)C.I. The number of hydrogen-bond donors (Lipinski definition) is 1. The summed E-state index contributed by atoms with van der Waals surface area (Å²) in [6.45, 7) is 2.99. The lowest BCUT2D eigenvalue weighted by Crippen LogP contribution is -2.35. The van der Waals surface area contributed by atoms with Gasteiger partial charge in [-0.1, -0.05) is 0 Å². The molecule has 0 aliphatic heterocycles. The highest BCUT2D eigenvalue weighted by atomic mass is 127. The third kappa shape index (κ3) is 4.38. The fraction of sp³-hybridized carbons (Fsp3) is 0.500. The molecule has 0 fully saturated rings. The molecule has 1 heterocycles. The summed E-state index contributed by atoms with van der Waals surface area (Å²) in [5.41, 5.74) is 1.34. The zero-order chi connectivity index (χ0) is 10.6. The molecule has 0 aliphatic carbocycles. The van der Waals surface area contributed by atoms with Crippen LogP contribution in [0, 0.1) is 6.92 Å². The van der Waals surface area contributed by atoms with E-state index >= 15 is 0 Å². The lowest BCUT2D eigenvalue weighted by atomic mass is 10.3. The van der Waals surface area contributed by atoms with Crippen LogP contribution in [0.1, 0.15) is 10.4 Å². The molecule has 86 valence electrons. The maximum atomic E-state index is 4.15. The summed E-state index contributed by atoms with van der Waals surface area (Å²) in [5, 5.41) is 5.41. The normalized spacial score (nSPS) is 10.8. The zero-order valence-corrected chi connectivity index (χ0v) is 12.7. The molecule has 1 rings (SSSR count). The second-order valence-electron chi connectivity index (χ2n) is 3.32. The molecular weight excluding hydrogens is 321 g/mol. The topological polar surface area (TPSA) is 27.6 Å². The first kappa shape index (κ1) is 14.7. The van der Waals surface area contributed by atoms with E-state index in [9.17, 15) is 0 Å². The number of guanidine groups is 1. The molecule has 0 amide bonds. The highest BCUT2D eigenvalue weighted by Crippen LogP contribution is 2.14. The molecule has 0 saturated heterocycles. The summed E-state index contributed by atoms with van der Waals surface area (Å²) in [4.78, 5) is 7.50. The number of thiophene rings is 1. The van der Waals surface area contributed by atoms with Gasteiger partial charge in [-0.2, -0.15) is 0 Å². The molecule has 0 atom stereocenters. The van der Waals surface area contributed by atoms with Crippen molar-refractivity contribution in [3.63, 3.8) is 0 Å². The van der Waals surface area contributed by atoms with Crippen LogP contribution in [0.3, 0.4) is 0 Å². The minimum atomic E-state index is 0. The molecule has 15 heavy (non-hydrogen) atoms. The number of nitrogens with one attached hydrogen (secondary N) is 1. The molecular formula is C10H18IN3S. The van der Waals surface area contributed by atoms with Gasteiger partial charge in [0.05, 0.1) is 6.54 Å². The molecule has 5 heteroatoms. The molecule has 0 spiro atoms. The van der Waals surface area contributed by atoms with Gasteiger partial charge in [0.25, 0.3) is 0 Å². The summed E-state index contributed by atoms with van der Waals surface area (Å²) in [6.07, 6.45) is 0. The van der Waals surface area contributed by atoms with Crippen molar-refractivity contribution in [3.8, 4) is 0 Å². The summed E-state index contributed by atoms with van der Waals surface area (Å²) >= 11 is 1.78. The number of hydrogen-bond acceptors (Lipinski definition) is 2. The molecule has 1 N–H and O–H groups in total. The predicted octanol–water partition coefficient (Wildman–Crippen LogP) is 2.31. The van der Waals surface area contributed by atoms with Crippen LogP contribution in [-0.4, -0.2) is 32.0 Å². The molecule has 0 bridgehead atoms. The highest BCUT2D eigenvalue weighted by Gasteiger charge is 2.02. The van der Waals surface area contributed by atoms with Crippen LogP contribution in [-0.2, 0) is 6.54 Å². The Kier molecular flexibility index (Phi) is 6.91. The van der Waals surface area contributed by atoms with E-state index in [1.807, 2.05) is 19.0 Å². The zero-order valence-electron chi connectivity index (χ0n) is 9.57. The standard InChI is InChI=1S/C10H17N3S.HI/c1-8-5-6-14-9(8)7-12-10(11-2)13(3)4;/h5-6H,7H2,1-4H3,(H,11,12);1H. The fourth-order valence-electron chi connectivity index (χ4n) is 1.18. The Labute approximate surface area is 113 Å². The van der Waals surface area contributed by atoms with Crippen molar-refractivity contribution in [2.45, 2.75) is 13.5 Å². The lowest BCUT2D eigenvalue weighted by molar-refractivity contribution is 0.583. The van der Waals surface area contributed by atoms with E-state index in [1.54, 1.807) is 18.4 Å². The summed E-state index contributed by atoms with van der Waals surface area (Å²) in [6, 6.07) is 2.14. The second kappa shape index (κ2) is 7.05. The van der Waals surface area contributed by atoms with Crippen LogP contribution >= 0.6 is 35.3 Å². The average molecular weight is 339 g/mol. The van der Waals surface area contributed by atoms with Gasteiger partial charge in [-0.15, -0.1) is 35.3 Å². The van der Waals surface area contributed by atoms with Crippen molar-refractivity contribution in [2.24, 2.45) is 4.99 Å². The highest BCUT2D eigenvalue weighted by molar-refractivity contribution is 14.0. The number of rotatable bonds is 2. The number of aliphatic imine (C=N–C) groups is 1. The molecule has 0 saturated carbocycles. The van der Waals surface area contributed by atoms with E-state index in [0.29, 0.717) is 0 Å². The van der Waals surface area contributed by atoms with Gasteiger partial charge in [-0.25, -0.2) is 0 Å². The molecule has 0 aliphatic rings. The summed E-state index contributed by atoms with van der Waals surface area (Å²) < 4.78 is 0. The first-order valence-electron chi connectivity index (χ1n) is 4.56. The Morgan fingerprint density at radius 1 is 1.53 bits per heavy atom. The van der Waals surface area contributed by atoms with Gasteiger partial charge in [-0.05, 0) is 23.9 Å². The van der Waals surface area contributed by atoms with E-state index in [0.717, 1.165) is 12.5 Å². The maximum absolute atomic E-state index is 4.15. The Morgan fingerprint density at radius 3 is 2.60 bits per heavy atom. The van der Waals surface area contributed by atoms with Crippen LogP contribution in [0.25, 0.3) is 0 Å². The van der Waals surface area contributed by atoms with Gasteiger partial charge >= 0.3 is 0 Å². The summed E-state index contributed by atoms with van der Waals surface area (Å²) in [7, 11) is 5.76. The van der Waals surface area contributed by atoms with Gasteiger partial charge in [0, 0.05) is 26.0 Å². The first-order chi connectivity index (χ1) is 6.65. The van der Waals surface area contributed by atoms with Crippen molar-refractivity contribution >= 4 is 41.3 Å². The lowest BCUT2D eigenvalue weighted by Gasteiger charge is -2.16. The van der Waals surface area contributed by atoms with Crippen LogP contribution in [0.4, 0.5) is 0 Å². The largest absolute Gasteiger partial charge is 0.351 e. The van der Waals surface area contributed by atoms with E-state index in [1.165, 1.54) is 10.4 Å². The Morgan fingerprint density at radius 2 is 2.20 bits per heavy atom. The molecule has 0 radical (unpaired) electrons. The molecule has 3 nitrogen and oxygen atoms in total. The predicted molar refractivity (Wildman–Crippen MR) is 78.4 cm³/mol. The van der Waals surface area contributed by atoms with Crippen LogP contribution in [0.5, 0.6) is 0 Å². The first-order valence-corrected chi connectivity index (χ1v) is 5.44. The van der Waals surface area contributed by atoms with Gasteiger partial charge in [-0.3, -0.25) is 4.99 Å². The quantitative estimate of drug-likeness (QED) is 0.509. The smallest absolute Gasteiger partial charge is 0.193 e. The average Bonchev–Trinajstić information content (AvgIpc) is 2.52. The molecule has 0 unspecified atom stereocenters. The Balaban J connectivity index is 0.00000196. The molecule has 0 aromatic carbocycles. The minimum Gasteiger partial charge on any atom is -0.351 e. The van der Waals surface area contributed by atoms with Crippen molar-refractivity contribution in [3.05, 3.63) is 21.9 Å². The number of nitrogens with zero attached hydrogens (tertiary/aromatic N) is 2. The van der Waals surface area contributed by atoms with Gasteiger partial charge in [0.1, 0.15) is 0 Å². The van der Waals surface area contributed by atoms with E-state index < -0.39 is 0 Å². The Hall–Kier alpha value is -0.300. The van der Waals surface area contributed by atoms with Crippen molar-refractivity contribution < 1.29 is 0 Å². The van der Waals surface area contributed by atoms with Crippen LogP contribution < -0.4 is 5.32 Å². The van der Waals surface area contributed by atoms with Crippen molar-refractivity contribution in [1.29, 1.82) is 0 Å². The van der Waals surface area contributed by atoms with E-state index in [4.69, 9.17) is 0 Å². The summed E-state index contributed by atoms with van der Waals surface area (Å²) in [5.74, 6) is 0.915. The van der Waals surface area contributed by atoms with Gasteiger partial charge in [0.15, 0.2) is 5.96 Å². The molecule has 1 aromatic heterocycles. The third-order valence-electron chi connectivity index (χ3n) is 2.01. The molecule has 1 aromatic rings. The van der Waals surface area contributed by atoms with Gasteiger partial charge < -0.3 is 10.2 Å². The van der Waals surface area contributed by atoms with E-state index in [2.05, 4.69) is 28.7 Å².